The number of pyridine rings is 1. The van der Waals surface area contributed by atoms with E-state index < -0.39 is 15.0 Å². The van der Waals surface area contributed by atoms with E-state index in [1.165, 1.54) is 18.3 Å². The molecule has 0 aliphatic carbocycles. The van der Waals surface area contributed by atoms with Crippen LogP contribution in [0.4, 0.5) is 11.4 Å². The molecular weight excluding hydrogens is 366 g/mol. The van der Waals surface area contributed by atoms with E-state index in [1.54, 1.807) is 6.07 Å². The fraction of sp³-hybridized carbons (Fsp3) is 0. The molecule has 0 saturated heterocycles. The minimum Gasteiger partial charge on any atom is -0.504 e. The van der Waals surface area contributed by atoms with Gasteiger partial charge in [-0.15, -0.1) is 10.2 Å². The van der Waals surface area contributed by atoms with E-state index in [2.05, 4.69) is 15.2 Å². The van der Waals surface area contributed by atoms with E-state index in [4.69, 9.17) is 0 Å². The topological polar surface area (TPSA) is 112 Å². The van der Waals surface area contributed by atoms with Gasteiger partial charge in [-0.25, -0.2) is 0 Å². The summed E-state index contributed by atoms with van der Waals surface area (Å²) in [5.41, 5.74) is 0.461. The summed E-state index contributed by atoms with van der Waals surface area (Å²) < 4.78 is 33.0. The van der Waals surface area contributed by atoms with Gasteiger partial charge in [0, 0.05) is 17.0 Å². The Bertz CT molecular complexity index is 1310. The second kappa shape index (κ2) is 6.42. The van der Waals surface area contributed by atoms with Gasteiger partial charge in [0.15, 0.2) is 5.75 Å². The standard InChI is InChI=1S/C19H13N3O4S/c23-19-16(11-17(27(24,25)26)14-8-4-10-20-18(14)19)22-21-15-9-3-6-12-5-1-2-7-13(12)15/h1-11,23H,(H,24,25,26). The zero-order valence-electron chi connectivity index (χ0n) is 13.8. The summed E-state index contributed by atoms with van der Waals surface area (Å²) >= 11 is 0. The van der Waals surface area contributed by atoms with Crippen molar-refractivity contribution in [3.05, 3.63) is 66.9 Å². The first-order valence-electron chi connectivity index (χ1n) is 7.93. The van der Waals surface area contributed by atoms with Crippen LogP contribution in [0.1, 0.15) is 0 Å². The summed E-state index contributed by atoms with van der Waals surface area (Å²) in [5, 5.41) is 20.5. The lowest BCUT2D eigenvalue weighted by atomic mass is 10.1. The van der Waals surface area contributed by atoms with Crippen LogP contribution in [0.2, 0.25) is 0 Å². The average Bonchev–Trinajstić information content (AvgIpc) is 2.66. The minimum atomic E-state index is -4.54. The van der Waals surface area contributed by atoms with Crippen LogP contribution in [-0.4, -0.2) is 23.1 Å². The molecule has 0 fully saturated rings. The van der Waals surface area contributed by atoms with Crippen LogP contribution in [-0.2, 0) is 10.1 Å². The summed E-state index contributed by atoms with van der Waals surface area (Å²) in [6.07, 6.45) is 1.40. The highest BCUT2D eigenvalue weighted by molar-refractivity contribution is 7.86. The summed E-state index contributed by atoms with van der Waals surface area (Å²) in [7, 11) is -4.54. The molecular formula is C19H13N3O4S. The fourth-order valence-corrected chi connectivity index (χ4v) is 3.58. The Morgan fingerprint density at radius 1 is 0.852 bits per heavy atom. The normalized spacial score (nSPS) is 12.2. The largest absolute Gasteiger partial charge is 0.504 e. The number of benzene rings is 3. The van der Waals surface area contributed by atoms with Crippen molar-refractivity contribution in [2.75, 3.05) is 0 Å². The van der Waals surface area contributed by atoms with Gasteiger partial charge in [0.1, 0.15) is 16.1 Å². The van der Waals surface area contributed by atoms with Gasteiger partial charge in [0.25, 0.3) is 10.1 Å². The SMILES string of the molecule is O=S(=O)(O)c1cc(N=Nc2cccc3ccccc23)c(O)c2ncccc12. The molecule has 0 saturated carbocycles. The van der Waals surface area contributed by atoms with Gasteiger partial charge in [0.2, 0.25) is 0 Å². The first-order chi connectivity index (χ1) is 12.9. The van der Waals surface area contributed by atoms with Gasteiger partial charge in [-0.1, -0.05) is 36.4 Å². The maximum atomic E-state index is 11.7. The average molecular weight is 379 g/mol. The van der Waals surface area contributed by atoms with E-state index in [-0.39, 0.29) is 22.3 Å². The van der Waals surface area contributed by atoms with Crippen LogP contribution in [0, 0.1) is 0 Å². The number of aromatic nitrogens is 1. The Labute approximate surface area is 154 Å². The third-order valence-corrected chi connectivity index (χ3v) is 5.01. The van der Waals surface area contributed by atoms with Gasteiger partial charge < -0.3 is 5.11 Å². The molecule has 1 heterocycles. The Balaban J connectivity index is 1.92. The highest BCUT2D eigenvalue weighted by Gasteiger charge is 2.20. The third-order valence-electron chi connectivity index (χ3n) is 4.12. The molecule has 2 N–H and O–H groups in total. The number of phenols is 1. The maximum absolute atomic E-state index is 11.7. The Morgan fingerprint density at radius 3 is 2.37 bits per heavy atom. The molecule has 134 valence electrons. The van der Waals surface area contributed by atoms with Crippen LogP contribution in [0.25, 0.3) is 21.7 Å². The smallest absolute Gasteiger partial charge is 0.295 e. The molecule has 0 radical (unpaired) electrons. The second-order valence-corrected chi connectivity index (χ2v) is 7.21. The molecule has 0 spiro atoms. The van der Waals surface area contributed by atoms with Crippen molar-refractivity contribution in [3.8, 4) is 5.75 Å². The van der Waals surface area contributed by atoms with Crippen molar-refractivity contribution in [2.24, 2.45) is 10.2 Å². The van der Waals surface area contributed by atoms with Crippen LogP contribution in [0.3, 0.4) is 0 Å². The number of hydrogen-bond acceptors (Lipinski definition) is 6. The minimum absolute atomic E-state index is 0.0134. The molecule has 0 unspecified atom stereocenters. The number of phenolic OH excluding ortho intramolecular Hbond substituents is 1. The van der Waals surface area contributed by atoms with E-state index in [1.807, 2.05) is 36.4 Å². The van der Waals surface area contributed by atoms with Crippen LogP contribution >= 0.6 is 0 Å². The molecule has 1 aromatic heterocycles. The van der Waals surface area contributed by atoms with E-state index in [0.717, 1.165) is 16.8 Å². The molecule has 27 heavy (non-hydrogen) atoms. The van der Waals surface area contributed by atoms with Crippen LogP contribution < -0.4 is 0 Å². The Kier molecular flexibility index (Phi) is 4.06. The predicted octanol–water partition coefficient (Wildman–Crippen LogP) is 4.76. The fourth-order valence-electron chi connectivity index (χ4n) is 2.88. The van der Waals surface area contributed by atoms with Crippen LogP contribution in [0.15, 0.2) is 82.0 Å². The van der Waals surface area contributed by atoms with E-state index in [0.29, 0.717) is 5.69 Å². The lowest BCUT2D eigenvalue weighted by molar-refractivity contribution is 0.479. The Hall–Kier alpha value is -3.36. The van der Waals surface area contributed by atoms with Gasteiger partial charge in [-0.05, 0) is 29.7 Å². The molecule has 0 amide bonds. The van der Waals surface area contributed by atoms with Crippen molar-refractivity contribution >= 4 is 43.2 Å². The number of aromatic hydroxyl groups is 1. The molecule has 7 nitrogen and oxygen atoms in total. The highest BCUT2D eigenvalue weighted by Crippen LogP contribution is 2.39. The van der Waals surface area contributed by atoms with Crippen molar-refractivity contribution in [1.82, 2.24) is 4.98 Å². The summed E-state index contributed by atoms with van der Waals surface area (Å²) in [5.74, 6) is -0.318. The van der Waals surface area contributed by atoms with Gasteiger partial charge >= 0.3 is 0 Å². The quantitative estimate of drug-likeness (QED) is 0.394. The van der Waals surface area contributed by atoms with Crippen molar-refractivity contribution in [1.29, 1.82) is 0 Å². The predicted molar refractivity (Wildman–Crippen MR) is 101 cm³/mol. The van der Waals surface area contributed by atoms with E-state index in [9.17, 15) is 18.1 Å². The monoisotopic (exact) mass is 379 g/mol. The molecule has 8 heteroatoms. The molecule has 4 aromatic rings. The first-order valence-corrected chi connectivity index (χ1v) is 9.37. The number of fused-ring (bicyclic) bond motifs is 2. The van der Waals surface area contributed by atoms with Crippen molar-refractivity contribution in [3.63, 3.8) is 0 Å². The molecule has 0 aliphatic rings. The molecule has 3 aromatic carbocycles. The first kappa shape index (κ1) is 17.1. The zero-order valence-corrected chi connectivity index (χ0v) is 14.6. The molecule has 0 bridgehead atoms. The van der Waals surface area contributed by atoms with Gasteiger partial charge in [-0.2, -0.15) is 8.42 Å². The zero-order chi connectivity index (χ0) is 19.0. The highest BCUT2D eigenvalue weighted by atomic mass is 32.2. The lowest BCUT2D eigenvalue weighted by Gasteiger charge is -2.07. The summed E-state index contributed by atoms with van der Waals surface area (Å²) in [6, 6.07) is 17.1. The van der Waals surface area contributed by atoms with Crippen molar-refractivity contribution < 1.29 is 18.1 Å². The molecule has 4 rings (SSSR count). The van der Waals surface area contributed by atoms with Gasteiger partial charge in [-0.3, -0.25) is 9.54 Å². The van der Waals surface area contributed by atoms with Crippen molar-refractivity contribution in [2.45, 2.75) is 4.90 Å². The van der Waals surface area contributed by atoms with E-state index >= 15 is 0 Å². The van der Waals surface area contributed by atoms with Crippen LogP contribution in [0.5, 0.6) is 5.75 Å². The lowest BCUT2D eigenvalue weighted by Crippen LogP contribution is -1.99. The maximum Gasteiger partial charge on any atom is 0.295 e. The number of rotatable bonds is 3. The molecule has 0 atom stereocenters. The number of hydrogen-bond donors (Lipinski definition) is 2. The Morgan fingerprint density at radius 2 is 1.56 bits per heavy atom. The second-order valence-electron chi connectivity index (χ2n) is 5.82. The summed E-state index contributed by atoms with van der Waals surface area (Å²) in [4.78, 5) is 3.60. The summed E-state index contributed by atoms with van der Waals surface area (Å²) in [6.45, 7) is 0. The number of nitrogens with zero attached hydrogens (tertiary/aromatic N) is 3. The number of azo groups is 1. The third kappa shape index (κ3) is 3.12. The van der Waals surface area contributed by atoms with Gasteiger partial charge in [0.05, 0.1) is 5.69 Å². The molecule has 0 aliphatic heterocycles.